The van der Waals surface area contributed by atoms with Crippen molar-refractivity contribution in [3.05, 3.63) is 18.2 Å². The Balaban J connectivity index is 2.48. The summed E-state index contributed by atoms with van der Waals surface area (Å²) in [5.74, 6) is -0.727. The first kappa shape index (κ1) is 15.6. The van der Waals surface area contributed by atoms with Gasteiger partial charge in [-0.15, -0.1) is 0 Å². The molecule has 1 aromatic rings. The minimum Gasteiger partial charge on any atom is -0.480 e. The quantitative estimate of drug-likeness (QED) is 0.850. The highest BCUT2D eigenvalue weighted by Crippen LogP contribution is 2.39. The molecule has 1 N–H and O–H groups in total. The molecule has 1 atom stereocenters. The van der Waals surface area contributed by atoms with Crippen LogP contribution in [0.5, 0.6) is 11.5 Å². The summed E-state index contributed by atoms with van der Waals surface area (Å²) in [6.07, 6.45) is 0.499. The summed E-state index contributed by atoms with van der Waals surface area (Å²) in [7, 11) is -3.99. The molecule has 1 aliphatic heterocycles. The second-order valence-corrected chi connectivity index (χ2v) is 6.55. The van der Waals surface area contributed by atoms with E-state index in [4.69, 9.17) is 14.6 Å². The van der Waals surface area contributed by atoms with E-state index >= 15 is 0 Å². The fourth-order valence-electron chi connectivity index (χ4n) is 2.05. The lowest BCUT2D eigenvalue weighted by atomic mass is 10.2. The lowest BCUT2D eigenvalue weighted by Gasteiger charge is -2.26. The first-order valence-corrected chi connectivity index (χ1v) is 7.94. The number of hydrogen-bond acceptors (Lipinski definition) is 5. The Labute approximate surface area is 123 Å². The van der Waals surface area contributed by atoms with Crippen LogP contribution in [0, 0.1) is 0 Å². The minimum atomic E-state index is -3.99. The Hall–Kier alpha value is -1.80. The first-order chi connectivity index (χ1) is 9.87. The molecule has 1 heterocycles. The third-order valence-corrected chi connectivity index (χ3v) is 5.30. The molecule has 1 unspecified atom stereocenters. The highest BCUT2D eigenvalue weighted by Gasteiger charge is 2.34. The number of aliphatic carboxylic acids is 1. The van der Waals surface area contributed by atoms with Gasteiger partial charge in [-0.05, 0) is 25.5 Å². The predicted molar refractivity (Wildman–Crippen MR) is 73.8 cm³/mol. The van der Waals surface area contributed by atoms with Crippen LogP contribution in [-0.2, 0) is 14.8 Å². The van der Waals surface area contributed by atoms with Crippen LogP contribution in [0.1, 0.15) is 20.3 Å². The molecule has 7 nitrogen and oxygen atoms in total. The first-order valence-electron chi connectivity index (χ1n) is 6.50. The van der Waals surface area contributed by atoms with Gasteiger partial charge in [0.1, 0.15) is 11.4 Å². The van der Waals surface area contributed by atoms with Crippen molar-refractivity contribution in [2.24, 2.45) is 0 Å². The molecule has 0 amide bonds. The normalized spacial score (nSPS) is 15.2. The summed E-state index contributed by atoms with van der Waals surface area (Å²) >= 11 is 0. The number of carboxylic acid groups (broad SMARTS) is 1. The van der Waals surface area contributed by atoms with Gasteiger partial charge in [-0.3, -0.25) is 4.79 Å². The average molecular weight is 315 g/mol. The van der Waals surface area contributed by atoms with Crippen LogP contribution in [0.2, 0.25) is 0 Å². The van der Waals surface area contributed by atoms with Gasteiger partial charge in [0.05, 0.1) is 0 Å². The number of rotatable bonds is 6. The van der Waals surface area contributed by atoms with Gasteiger partial charge in [-0.1, -0.05) is 13.0 Å². The standard InChI is InChI=1S/C13H17NO6S/c1-3-9(2)14(7-12(15)16)21(17,18)11-6-4-5-10-13(11)20-8-19-10/h4-6,9H,3,7-8H2,1-2H3,(H,15,16). The lowest BCUT2D eigenvalue weighted by molar-refractivity contribution is -0.137. The number of carbonyl (C=O) groups is 1. The van der Waals surface area contributed by atoms with Crippen molar-refractivity contribution in [3.63, 3.8) is 0 Å². The zero-order valence-electron chi connectivity index (χ0n) is 11.8. The number of nitrogens with zero attached hydrogens (tertiary/aromatic N) is 1. The van der Waals surface area contributed by atoms with Crippen molar-refractivity contribution in [2.75, 3.05) is 13.3 Å². The summed E-state index contributed by atoms with van der Waals surface area (Å²) < 4.78 is 36.8. The molecule has 0 saturated carbocycles. The molecule has 0 aromatic heterocycles. The fourth-order valence-corrected chi connectivity index (χ4v) is 3.85. The van der Waals surface area contributed by atoms with Gasteiger partial charge in [-0.2, -0.15) is 4.31 Å². The molecular formula is C13H17NO6S. The number of benzene rings is 1. The molecule has 0 spiro atoms. The number of carboxylic acids is 1. The molecule has 1 aliphatic rings. The molecule has 21 heavy (non-hydrogen) atoms. The second-order valence-electron chi connectivity index (χ2n) is 4.69. The number of fused-ring (bicyclic) bond motifs is 1. The van der Waals surface area contributed by atoms with E-state index < -0.39 is 28.6 Å². The highest BCUT2D eigenvalue weighted by molar-refractivity contribution is 7.89. The van der Waals surface area contributed by atoms with Crippen LogP contribution < -0.4 is 9.47 Å². The van der Waals surface area contributed by atoms with E-state index in [-0.39, 0.29) is 17.4 Å². The van der Waals surface area contributed by atoms with E-state index in [9.17, 15) is 13.2 Å². The van der Waals surface area contributed by atoms with Crippen LogP contribution in [0.15, 0.2) is 23.1 Å². The highest BCUT2D eigenvalue weighted by atomic mass is 32.2. The molecule has 116 valence electrons. The van der Waals surface area contributed by atoms with Crippen LogP contribution in [0.4, 0.5) is 0 Å². The van der Waals surface area contributed by atoms with E-state index in [1.165, 1.54) is 12.1 Å². The molecule has 2 rings (SSSR count). The van der Waals surface area contributed by atoms with Crippen LogP contribution in [0.3, 0.4) is 0 Å². The Morgan fingerprint density at radius 1 is 1.43 bits per heavy atom. The van der Waals surface area contributed by atoms with Crippen molar-refractivity contribution in [1.29, 1.82) is 0 Å². The number of sulfonamides is 1. The fraction of sp³-hybridized carbons (Fsp3) is 0.462. The van der Waals surface area contributed by atoms with Gasteiger partial charge in [0.2, 0.25) is 16.8 Å². The Kier molecular flexibility index (Phi) is 4.38. The van der Waals surface area contributed by atoms with Gasteiger partial charge in [0, 0.05) is 6.04 Å². The summed E-state index contributed by atoms with van der Waals surface area (Å²) in [6, 6.07) is 4.09. The summed E-state index contributed by atoms with van der Waals surface area (Å²) in [4.78, 5) is 10.9. The smallest absolute Gasteiger partial charge is 0.318 e. The third kappa shape index (κ3) is 2.96. The van der Waals surface area contributed by atoms with Crippen molar-refractivity contribution < 1.29 is 27.8 Å². The molecular weight excluding hydrogens is 298 g/mol. The van der Waals surface area contributed by atoms with Crippen LogP contribution in [-0.4, -0.2) is 43.2 Å². The topological polar surface area (TPSA) is 93.1 Å². The number of para-hydroxylation sites is 1. The predicted octanol–water partition coefficient (Wildman–Crippen LogP) is 1.29. The zero-order chi connectivity index (χ0) is 15.6. The van der Waals surface area contributed by atoms with E-state index in [0.29, 0.717) is 12.2 Å². The van der Waals surface area contributed by atoms with Crippen molar-refractivity contribution in [2.45, 2.75) is 31.2 Å². The van der Waals surface area contributed by atoms with E-state index in [1.807, 2.05) is 0 Å². The van der Waals surface area contributed by atoms with Gasteiger partial charge in [0.25, 0.3) is 0 Å². The number of ether oxygens (including phenoxy) is 2. The third-order valence-electron chi connectivity index (χ3n) is 3.32. The van der Waals surface area contributed by atoms with Gasteiger partial charge >= 0.3 is 5.97 Å². The Morgan fingerprint density at radius 2 is 2.14 bits per heavy atom. The minimum absolute atomic E-state index is 0.0515. The maximum atomic E-state index is 12.8. The summed E-state index contributed by atoms with van der Waals surface area (Å²) in [5, 5.41) is 8.97. The SMILES string of the molecule is CCC(C)N(CC(=O)O)S(=O)(=O)c1cccc2c1OCO2. The van der Waals surface area contributed by atoms with Crippen LogP contribution in [0.25, 0.3) is 0 Å². The summed E-state index contributed by atoms with van der Waals surface area (Å²) in [6.45, 7) is 2.82. The van der Waals surface area contributed by atoms with E-state index in [2.05, 4.69) is 0 Å². The van der Waals surface area contributed by atoms with Crippen molar-refractivity contribution in [1.82, 2.24) is 4.31 Å². The van der Waals surface area contributed by atoms with E-state index in [1.54, 1.807) is 19.9 Å². The van der Waals surface area contributed by atoms with Crippen molar-refractivity contribution >= 4 is 16.0 Å². The molecule has 0 fully saturated rings. The maximum Gasteiger partial charge on any atom is 0.318 e. The summed E-state index contributed by atoms with van der Waals surface area (Å²) in [5.41, 5.74) is 0. The molecule has 0 saturated heterocycles. The van der Waals surface area contributed by atoms with Crippen LogP contribution >= 0.6 is 0 Å². The monoisotopic (exact) mass is 315 g/mol. The Morgan fingerprint density at radius 3 is 2.76 bits per heavy atom. The Bertz CT molecular complexity index is 642. The van der Waals surface area contributed by atoms with Gasteiger partial charge in [0.15, 0.2) is 11.5 Å². The average Bonchev–Trinajstić information content (AvgIpc) is 2.91. The largest absolute Gasteiger partial charge is 0.480 e. The maximum absolute atomic E-state index is 12.8. The zero-order valence-corrected chi connectivity index (χ0v) is 12.6. The second kappa shape index (κ2) is 5.90. The van der Waals surface area contributed by atoms with E-state index in [0.717, 1.165) is 4.31 Å². The van der Waals surface area contributed by atoms with Gasteiger partial charge in [-0.25, -0.2) is 8.42 Å². The van der Waals surface area contributed by atoms with Gasteiger partial charge < -0.3 is 14.6 Å². The van der Waals surface area contributed by atoms with Crippen molar-refractivity contribution in [3.8, 4) is 11.5 Å². The molecule has 0 aliphatic carbocycles. The molecule has 1 aromatic carbocycles. The number of hydrogen-bond donors (Lipinski definition) is 1. The molecule has 8 heteroatoms. The molecule has 0 radical (unpaired) electrons. The molecule has 0 bridgehead atoms. The lowest BCUT2D eigenvalue weighted by Crippen LogP contribution is -2.41.